The highest BCUT2D eigenvalue weighted by Gasteiger charge is 2.18. The molecule has 0 aromatic carbocycles. The molecule has 6 nitrogen and oxygen atoms in total. The fourth-order valence-corrected chi connectivity index (χ4v) is 10.7. The van der Waals surface area contributed by atoms with Crippen LogP contribution in [0.5, 0.6) is 0 Å². The van der Waals surface area contributed by atoms with E-state index in [1.165, 1.54) is 276 Å². The second kappa shape index (κ2) is 67.3. The number of rotatable bonds is 65. The van der Waals surface area contributed by atoms with E-state index in [4.69, 9.17) is 4.74 Å². The molecule has 6 heteroatoms. The molecule has 78 heavy (non-hydrogen) atoms. The molecule has 0 bridgehead atoms. The number of aliphatic hydroxyl groups excluding tert-OH is 2. The van der Waals surface area contributed by atoms with Crippen LogP contribution in [0.15, 0.2) is 48.6 Å². The van der Waals surface area contributed by atoms with Crippen molar-refractivity contribution in [3.8, 4) is 0 Å². The van der Waals surface area contributed by atoms with Gasteiger partial charge in [-0.2, -0.15) is 0 Å². The van der Waals surface area contributed by atoms with Crippen molar-refractivity contribution in [2.24, 2.45) is 0 Å². The van der Waals surface area contributed by atoms with Crippen LogP contribution in [-0.2, 0) is 14.3 Å². The smallest absolute Gasteiger partial charge is 0.305 e. The molecule has 0 saturated carbocycles. The Bertz CT molecular complexity index is 1310. The zero-order valence-electron chi connectivity index (χ0n) is 52.4. The molecule has 0 fully saturated rings. The molecule has 0 aliphatic heterocycles. The Hall–Kier alpha value is -2.18. The lowest BCUT2D eigenvalue weighted by atomic mass is 10.0. The number of ether oxygens (including phenoxy) is 1. The summed E-state index contributed by atoms with van der Waals surface area (Å²) in [4.78, 5) is 24.6. The molecular formula is C72H135NO5. The van der Waals surface area contributed by atoms with E-state index < -0.39 is 12.1 Å². The molecule has 2 unspecified atom stereocenters. The number of carbonyl (C=O) groups excluding carboxylic acids is 2. The van der Waals surface area contributed by atoms with Gasteiger partial charge in [-0.3, -0.25) is 9.59 Å². The van der Waals surface area contributed by atoms with Crippen molar-refractivity contribution in [3.05, 3.63) is 48.6 Å². The molecule has 1 amide bonds. The fraction of sp³-hybridized carbons (Fsp3) is 0.861. The SMILES string of the molecule is CCCCC/C=C\C/C=C\CCCCCCCCCCCC(=O)OCCCCCCCCCCC/C=C\CCCCCCCC(=O)NC(CO)C(O)/C=C/CCCCCCCCCCCCCCCCCCCCCCCC. The first kappa shape index (κ1) is 75.8. The number of esters is 1. The van der Waals surface area contributed by atoms with Crippen LogP contribution in [-0.4, -0.2) is 47.4 Å². The molecule has 0 aliphatic carbocycles. The van der Waals surface area contributed by atoms with E-state index in [0.29, 0.717) is 19.4 Å². The minimum Gasteiger partial charge on any atom is -0.466 e. The normalized spacial score (nSPS) is 12.8. The third kappa shape index (κ3) is 63.0. The van der Waals surface area contributed by atoms with Crippen molar-refractivity contribution in [3.63, 3.8) is 0 Å². The third-order valence-corrected chi connectivity index (χ3v) is 16.1. The van der Waals surface area contributed by atoms with E-state index in [1.807, 2.05) is 6.08 Å². The van der Waals surface area contributed by atoms with Gasteiger partial charge in [0.15, 0.2) is 0 Å². The molecule has 0 rings (SSSR count). The minimum atomic E-state index is -0.856. The van der Waals surface area contributed by atoms with Gasteiger partial charge in [0.2, 0.25) is 5.91 Å². The van der Waals surface area contributed by atoms with Gasteiger partial charge < -0.3 is 20.3 Å². The first-order valence-corrected chi connectivity index (χ1v) is 34.9. The maximum atomic E-state index is 12.5. The van der Waals surface area contributed by atoms with Crippen molar-refractivity contribution in [1.82, 2.24) is 5.32 Å². The summed E-state index contributed by atoms with van der Waals surface area (Å²) in [6, 6.07) is -0.641. The van der Waals surface area contributed by atoms with Gasteiger partial charge in [0.25, 0.3) is 0 Å². The largest absolute Gasteiger partial charge is 0.466 e. The number of allylic oxidation sites excluding steroid dienone is 7. The first-order chi connectivity index (χ1) is 38.5. The van der Waals surface area contributed by atoms with Crippen LogP contribution < -0.4 is 5.32 Å². The second-order valence-corrected chi connectivity index (χ2v) is 23.9. The lowest BCUT2D eigenvalue weighted by Gasteiger charge is -2.20. The third-order valence-electron chi connectivity index (χ3n) is 16.1. The number of amides is 1. The number of unbranched alkanes of at least 4 members (excludes halogenated alkanes) is 48. The fourth-order valence-electron chi connectivity index (χ4n) is 10.7. The van der Waals surface area contributed by atoms with E-state index in [9.17, 15) is 19.8 Å². The Labute approximate surface area is 486 Å². The molecule has 458 valence electrons. The van der Waals surface area contributed by atoms with Crippen molar-refractivity contribution in [2.45, 2.75) is 386 Å². The molecular weight excluding hydrogens is 959 g/mol. The molecule has 0 spiro atoms. The van der Waals surface area contributed by atoms with E-state index >= 15 is 0 Å². The van der Waals surface area contributed by atoms with E-state index in [0.717, 1.165) is 70.6 Å². The summed E-state index contributed by atoms with van der Waals surface area (Å²) >= 11 is 0. The zero-order valence-corrected chi connectivity index (χ0v) is 52.4. The van der Waals surface area contributed by atoms with Gasteiger partial charge in [-0.15, -0.1) is 0 Å². The van der Waals surface area contributed by atoms with Crippen LogP contribution in [0.4, 0.5) is 0 Å². The molecule has 0 heterocycles. The summed E-state index contributed by atoms with van der Waals surface area (Å²) in [7, 11) is 0. The minimum absolute atomic E-state index is 0.00122. The van der Waals surface area contributed by atoms with Crippen LogP contribution >= 0.6 is 0 Å². The molecule has 0 aromatic heterocycles. The quantitative estimate of drug-likeness (QED) is 0.0320. The predicted octanol–water partition coefficient (Wildman–Crippen LogP) is 22.5. The van der Waals surface area contributed by atoms with Crippen LogP contribution in [0.3, 0.4) is 0 Å². The van der Waals surface area contributed by atoms with Crippen LogP contribution in [0, 0.1) is 0 Å². The van der Waals surface area contributed by atoms with Gasteiger partial charge in [0.05, 0.1) is 25.4 Å². The molecule has 0 aliphatic rings. The van der Waals surface area contributed by atoms with Crippen molar-refractivity contribution < 1.29 is 24.5 Å². The summed E-state index contributed by atoms with van der Waals surface area (Å²) in [5.74, 6) is -0.0805. The topological polar surface area (TPSA) is 95.9 Å². The number of hydrogen-bond donors (Lipinski definition) is 3. The highest BCUT2D eigenvalue weighted by Crippen LogP contribution is 2.18. The average Bonchev–Trinajstić information content (AvgIpc) is 3.44. The van der Waals surface area contributed by atoms with Crippen LogP contribution in [0.2, 0.25) is 0 Å². The van der Waals surface area contributed by atoms with Crippen molar-refractivity contribution in [2.75, 3.05) is 13.2 Å². The Kier molecular flexibility index (Phi) is 65.4. The maximum Gasteiger partial charge on any atom is 0.305 e. The summed E-state index contributed by atoms with van der Waals surface area (Å²) in [6.07, 6.45) is 87.4. The molecule has 2 atom stereocenters. The predicted molar refractivity (Wildman–Crippen MR) is 342 cm³/mol. The second-order valence-electron chi connectivity index (χ2n) is 23.9. The highest BCUT2D eigenvalue weighted by atomic mass is 16.5. The number of carbonyl (C=O) groups is 2. The van der Waals surface area contributed by atoms with Crippen LogP contribution in [0.25, 0.3) is 0 Å². The van der Waals surface area contributed by atoms with Gasteiger partial charge >= 0.3 is 5.97 Å². The lowest BCUT2D eigenvalue weighted by molar-refractivity contribution is -0.143. The Morgan fingerprint density at radius 1 is 0.359 bits per heavy atom. The van der Waals surface area contributed by atoms with Gasteiger partial charge in [-0.1, -0.05) is 319 Å². The van der Waals surface area contributed by atoms with Gasteiger partial charge in [0, 0.05) is 12.8 Å². The molecule has 3 N–H and O–H groups in total. The van der Waals surface area contributed by atoms with E-state index in [1.54, 1.807) is 6.08 Å². The lowest BCUT2D eigenvalue weighted by Crippen LogP contribution is -2.45. The Morgan fingerprint density at radius 2 is 0.641 bits per heavy atom. The zero-order chi connectivity index (χ0) is 56.4. The summed E-state index contributed by atoms with van der Waals surface area (Å²) in [6.45, 7) is 4.89. The number of aliphatic hydroxyl groups is 2. The maximum absolute atomic E-state index is 12.5. The summed E-state index contributed by atoms with van der Waals surface area (Å²) in [5, 5.41) is 23.3. The van der Waals surface area contributed by atoms with Crippen molar-refractivity contribution >= 4 is 11.9 Å². The van der Waals surface area contributed by atoms with Crippen molar-refractivity contribution in [1.29, 1.82) is 0 Å². The van der Waals surface area contributed by atoms with E-state index in [2.05, 4.69) is 55.6 Å². The van der Waals surface area contributed by atoms with Gasteiger partial charge in [-0.25, -0.2) is 0 Å². The number of hydrogen-bond acceptors (Lipinski definition) is 5. The Morgan fingerprint density at radius 3 is 1.01 bits per heavy atom. The monoisotopic (exact) mass is 1090 g/mol. The molecule has 0 saturated heterocycles. The van der Waals surface area contributed by atoms with Gasteiger partial charge in [-0.05, 0) is 89.9 Å². The number of nitrogens with one attached hydrogen (secondary N) is 1. The average molecular weight is 1090 g/mol. The standard InChI is InChI=1S/C72H135NO5/c1-3-5-7-9-11-13-15-17-19-21-23-24-25-26-27-29-32-36-40-44-48-52-56-60-64-70(75)69(68-74)73-71(76)65-61-57-53-49-45-41-37-33-30-31-35-39-43-47-51-55-59-63-67-78-72(77)66-62-58-54-50-46-42-38-34-28-22-20-18-16-14-12-10-8-6-4-2/h12,14,18,20,33,37,60,64,69-70,74-75H,3-11,13,15-17,19,21-32,34-36,38-59,61-63,65-68H2,1-2H3,(H,73,76)/b14-12-,20-18-,37-33-,64-60+. The van der Waals surface area contributed by atoms with E-state index in [-0.39, 0.29) is 18.5 Å². The first-order valence-electron chi connectivity index (χ1n) is 34.9. The molecule has 0 radical (unpaired) electrons. The molecule has 0 aromatic rings. The highest BCUT2D eigenvalue weighted by molar-refractivity contribution is 5.76. The summed E-state index contributed by atoms with van der Waals surface area (Å²) < 4.78 is 5.50. The Balaban J connectivity index is 3.46. The van der Waals surface area contributed by atoms with Crippen LogP contribution in [0.1, 0.15) is 373 Å². The van der Waals surface area contributed by atoms with Gasteiger partial charge in [0.1, 0.15) is 0 Å². The summed E-state index contributed by atoms with van der Waals surface area (Å²) in [5.41, 5.74) is 0.